The predicted molar refractivity (Wildman–Crippen MR) is 71.9 cm³/mol. The molecule has 0 aliphatic rings. The molecular weight excluding hydrogens is 304 g/mol. The third kappa shape index (κ3) is 2.28. The van der Waals surface area contributed by atoms with Gasteiger partial charge in [0.1, 0.15) is 0 Å². The van der Waals surface area contributed by atoms with Crippen LogP contribution in [-0.2, 0) is 6.54 Å². The van der Waals surface area contributed by atoms with Gasteiger partial charge in [0.25, 0.3) is 11.1 Å². The van der Waals surface area contributed by atoms with Gasteiger partial charge in [0.05, 0.1) is 6.54 Å². The maximum atomic E-state index is 12.0. The second kappa shape index (κ2) is 4.62. The summed E-state index contributed by atoms with van der Waals surface area (Å²) in [6, 6.07) is 1.92. The molecule has 0 atom stereocenters. The predicted octanol–water partition coefficient (Wildman–Crippen LogP) is 2.03. The number of aromatic nitrogens is 2. The van der Waals surface area contributed by atoms with Crippen molar-refractivity contribution in [3.8, 4) is 0 Å². The van der Waals surface area contributed by atoms with Crippen LogP contribution in [0.3, 0.4) is 0 Å². The molecule has 0 amide bonds. The molecule has 4 nitrogen and oxygen atoms in total. The molecule has 6 heteroatoms. The van der Waals surface area contributed by atoms with Crippen LogP contribution in [0.4, 0.5) is 0 Å². The summed E-state index contributed by atoms with van der Waals surface area (Å²) in [4.78, 5) is 24.6. The molecule has 2 rings (SSSR count). The lowest BCUT2D eigenvalue weighted by atomic mass is 10.2. The second-order valence-electron chi connectivity index (χ2n) is 3.77. The van der Waals surface area contributed by atoms with Gasteiger partial charge in [0.15, 0.2) is 0 Å². The number of hydrogen-bond acceptors (Lipinski definition) is 3. The molecule has 0 fully saturated rings. The zero-order chi connectivity index (χ0) is 12.6. The minimum Gasteiger partial charge on any atom is -0.268 e. The lowest BCUT2D eigenvalue weighted by Gasteiger charge is -2.07. The largest absolute Gasteiger partial charge is 0.268 e. The average molecular weight is 315 g/mol. The topological polar surface area (TPSA) is 54.9 Å². The molecule has 0 aromatic carbocycles. The smallest absolute Gasteiger partial charge is 0.268 e. The third-order valence-electron chi connectivity index (χ3n) is 2.70. The number of nitrogens with one attached hydrogen (secondary N) is 1. The molecule has 0 saturated carbocycles. The Morgan fingerprint density at radius 3 is 2.65 bits per heavy atom. The fourth-order valence-corrected chi connectivity index (χ4v) is 2.95. The highest BCUT2D eigenvalue weighted by Crippen LogP contribution is 2.22. The zero-order valence-electron chi connectivity index (χ0n) is 9.41. The maximum absolute atomic E-state index is 12.0. The van der Waals surface area contributed by atoms with Crippen molar-refractivity contribution in [1.82, 2.24) is 9.78 Å². The van der Waals surface area contributed by atoms with E-state index in [0.29, 0.717) is 17.7 Å². The van der Waals surface area contributed by atoms with E-state index >= 15 is 0 Å². The van der Waals surface area contributed by atoms with E-state index in [1.54, 1.807) is 25.2 Å². The number of hydrogen-bond donors (Lipinski definition) is 1. The first-order chi connectivity index (χ1) is 8.00. The highest BCUT2D eigenvalue weighted by Gasteiger charge is 2.09. The standard InChI is InChI=1S/C11H11BrN2O2S/c1-6-7(2)11(16)14(13-10(6)15)5-9-8(12)3-4-17-9/h3-4H,5H2,1-2H3,(H,13,15). The molecule has 2 aromatic rings. The fraction of sp³-hybridized carbons (Fsp3) is 0.273. The molecule has 2 aromatic heterocycles. The lowest BCUT2D eigenvalue weighted by Crippen LogP contribution is -2.33. The van der Waals surface area contributed by atoms with Gasteiger partial charge >= 0.3 is 0 Å². The van der Waals surface area contributed by atoms with Crippen LogP contribution >= 0.6 is 27.3 Å². The van der Waals surface area contributed by atoms with E-state index in [9.17, 15) is 9.59 Å². The molecular formula is C11H11BrN2O2S. The molecule has 0 aliphatic carbocycles. The zero-order valence-corrected chi connectivity index (χ0v) is 11.8. The van der Waals surface area contributed by atoms with Crippen molar-refractivity contribution in [3.05, 3.63) is 52.6 Å². The van der Waals surface area contributed by atoms with Crippen LogP contribution in [0.15, 0.2) is 25.5 Å². The van der Waals surface area contributed by atoms with E-state index in [-0.39, 0.29) is 11.1 Å². The van der Waals surface area contributed by atoms with Crippen molar-refractivity contribution >= 4 is 27.3 Å². The van der Waals surface area contributed by atoms with E-state index in [0.717, 1.165) is 9.35 Å². The van der Waals surface area contributed by atoms with Crippen LogP contribution in [-0.4, -0.2) is 9.78 Å². The summed E-state index contributed by atoms with van der Waals surface area (Å²) >= 11 is 4.94. The molecule has 0 saturated heterocycles. The van der Waals surface area contributed by atoms with E-state index in [1.165, 1.54) is 4.68 Å². The van der Waals surface area contributed by atoms with Crippen molar-refractivity contribution in [1.29, 1.82) is 0 Å². The molecule has 0 radical (unpaired) electrons. The molecule has 0 aliphatic heterocycles. The minimum absolute atomic E-state index is 0.151. The molecule has 2 heterocycles. The highest BCUT2D eigenvalue weighted by atomic mass is 79.9. The summed E-state index contributed by atoms with van der Waals surface area (Å²) in [6.07, 6.45) is 0. The van der Waals surface area contributed by atoms with Crippen LogP contribution in [0.1, 0.15) is 16.0 Å². The molecule has 0 spiro atoms. The Morgan fingerprint density at radius 1 is 1.35 bits per heavy atom. The van der Waals surface area contributed by atoms with Crippen LogP contribution in [0.5, 0.6) is 0 Å². The number of halogens is 1. The van der Waals surface area contributed by atoms with Crippen molar-refractivity contribution < 1.29 is 0 Å². The van der Waals surface area contributed by atoms with E-state index in [4.69, 9.17) is 0 Å². The number of thiophene rings is 1. The first-order valence-corrected chi connectivity index (χ1v) is 6.70. The molecule has 90 valence electrons. The van der Waals surface area contributed by atoms with E-state index in [2.05, 4.69) is 21.0 Å². The van der Waals surface area contributed by atoms with Gasteiger partial charge in [0, 0.05) is 20.5 Å². The number of aromatic amines is 1. The molecule has 0 bridgehead atoms. The quantitative estimate of drug-likeness (QED) is 0.922. The van der Waals surface area contributed by atoms with E-state index < -0.39 is 0 Å². The normalized spacial score (nSPS) is 10.8. The summed E-state index contributed by atoms with van der Waals surface area (Å²) in [5.41, 5.74) is 0.620. The molecule has 17 heavy (non-hydrogen) atoms. The van der Waals surface area contributed by atoms with Gasteiger partial charge in [0.2, 0.25) is 0 Å². The first kappa shape index (κ1) is 12.3. The summed E-state index contributed by atoms with van der Waals surface area (Å²) in [6.45, 7) is 3.71. The van der Waals surface area contributed by atoms with Crippen LogP contribution < -0.4 is 11.1 Å². The van der Waals surface area contributed by atoms with Gasteiger partial charge in [-0.15, -0.1) is 11.3 Å². The van der Waals surface area contributed by atoms with Gasteiger partial charge in [-0.1, -0.05) is 0 Å². The Morgan fingerprint density at radius 2 is 2.06 bits per heavy atom. The maximum Gasteiger partial charge on any atom is 0.268 e. The summed E-state index contributed by atoms with van der Waals surface area (Å²) in [5.74, 6) is 0. The summed E-state index contributed by atoms with van der Waals surface area (Å²) in [7, 11) is 0. The van der Waals surface area contributed by atoms with Gasteiger partial charge in [-0.05, 0) is 41.2 Å². The Hall–Kier alpha value is -1.14. The monoisotopic (exact) mass is 314 g/mol. The average Bonchev–Trinajstić information content (AvgIpc) is 2.69. The fourth-order valence-electron chi connectivity index (χ4n) is 1.48. The minimum atomic E-state index is -0.213. The number of rotatable bonds is 2. The molecule has 0 unspecified atom stereocenters. The van der Waals surface area contributed by atoms with Crippen LogP contribution in [0.25, 0.3) is 0 Å². The summed E-state index contributed by atoms with van der Waals surface area (Å²) < 4.78 is 2.30. The van der Waals surface area contributed by atoms with Gasteiger partial charge < -0.3 is 0 Å². The summed E-state index contributed by atoms with van der Waals surface area (Å²) in [5, 5.41) is 4.52. The van der Waals surface area contributed by atoms with Crippen molar-refractivity contribution in [2.45, 2.75) is 20.4 Å². The number of H-pyrrole nitrogens is 1. The second-order valence-corrected chi connectivity index (χ2v) is 5.63. The SMILES string of the molecule is Cc1c(C)c(=O)n(Cc2sccc2Br)[nH]c1=O. The van der Waals surface area contributed by atoms with Crippen molar-refractivity contribution in [3.63, 3.8) is 0 Å². The van der Waals surface area contributed by atoms with Gasteiger partial charge in [-0.25, -0.2) is 4.68 Å². The Kier molecular flexibility index (Phi) is 3.35. The Balaban J connectivity index is 2.52. The Bertz CT molecular complexity index is 669. The van der Waals surface area contributed by atoms with E-state index in [1.807, 2.05) is 11.4 Å². The molecule has 1 N–H and O–H groups in total. The number of nitrogens with zero attached hydrogens (tertiary/aromatic N) is 1. The van der Waals surface area contributed by atoms with Crippen LogP contribution in [0.2, 0.25) is 0 Å². The van der Waals surface area contributed by atoms with Gasteiger partial charge in [-0.2, -0.15) is 0 Å². The van der Waals surface area contributed by atoms with Crippen molar-refractivity contribution in [2.24, 2.45) is 0 Å². The highest BCUT2D eigenvalue weighted by molar-refractivity contribution is 9.10. The third-order valence-corrected chi connectivity index (χ3v) is 4.61. The van der Waals surface area contributed by atoms with Crippen molar-refractivity contribution in [2.75, 3.05) is 0 Å². The Labute approximate surface area is 110 Å². The first-order valence-electron chi connectivity index (χ1n) is 5.03. The van der Waals surface area contributed by atoms with Gasteiger partial charge in [-0.3, -0.25) is 14.7 Å². The lowest BCUT2D eigenvalue weighted by molar-refractivity contribution is 0.623. The van der Waals surface area contributed by atoms with Crippen LogP contribution in [0, 0.1) is 13.8 Å².